The summed E-state index contributed by atoms with van der Waals surface area (Å²) in [5.41, 5.74) is 8.31. The summed E-state index contributed by atoms with van der Waals surface area (Å²) in [7, 11) is 0. The summed E-state index contributed by atoms with van der Waals surface area (Å²) < 4.78 is 1.78. The van der Waals surface area contributed by atoms with Gasteiger partial charge in [0.2, 0.25) is 0 Å². The second-order valence-electron chi connectivity index (χ2n) is 1.45. The number of hydrogen-bond acceptors (Lipinski definition) is 5. The van der Waals surface area contributed by atoms with Crippen molar-refractivity contribution in [1.29, 1.82) is 10.5 Å². The van der Waals surface area contributed by atoms with Crippen molar-refractivity contribution in [1.82, 2.24) is 9.55 Å². The van der Waals surface area contributed by atoms with Gasteiger partial charge in [-0.25, -0.2) is 4.98 Å². The second kappa shape index (κ2) is 12.2. The molecule has 0 aliphatic carbocycles. The lowest BCUT2D eigenvalue weighted by atomic mass is 10.9. The fourth-order valence-electron chi connectivity index (χ4n) is 0.377. The number of imidazole rings is 1. The van der Waals surface area contributed by atoms with Gasteiger partial charge in [-0.3, -0.25) is 0 Å². The van der Waals surface area contributed by atoms with Crippen molar-refractivity contribution in [3.63, 3.8) is 0 Å². The van der Waals surface area contributed by atoms with Crippen molar-refractivity contribution in [2.24, 2.45) is 11.5 Å². The molecular formula is C7H10N6. The van der Waals surface area contributed by atoms with Gasteiger partial charge < -0.3 is 16.0 Å². The van der Waals surface area contributed by atoms with E-state index in [0.717, 1.165) is 0 Å². The van der Waals surface area contributed by atoms with Crippen LogP contribution in [0.4, 0.5) is 0 Å². The van der Waals surface area contributed by atoms with Crippen molar-refractivity contribution in [2.75, 3.05) is 0 Å². The number of nitriles is 2. The minimum Gasteiger partial charge on any atom is -0.337 e. The van der Waals surface area contributed by atoms with Crippen molar-refractivity contribution in [3.8, 4) is 12.4 Å². The quantitative estimate of drug-likeness (QED) is 0.457. The van der Waals surface area contributed by atoms with Gasteiger partial charge in [-0.05, 0) is 0 Å². The Balaban J connectivity index is 0. The van der Waals surface area contributed by atoms with E-state index in [1.54, 1.807) is 23.3 Å². The van der Waals surface area contributed by atoms with E-state index in [2.05, 4.69) is 23.0 Å². The zero-order valence-electron chi connectivity index (χ0n) is 6.96. The standard InChI is InChI=1S/C5H6N2.2CH2N2/c1-2-7-4-3-6-5-7;2*2-1-3/h2-5H,1H2;2*2H2. The predicted octanol–water partition coefficient (Wildman–Crippen LogP) is -0.164. The third kappa shape index (κ3) is 12.7. The van der Waals surface area contributed by atoms with Gasteiger partial charge in [-0.2, -0.15) is 10.5 Å². The molecule has 6 heteroatoms. The SMILES string of the molecule is C=Cn1ccnc1.N#CN.N#CN. The van der Waals surface area contributed by atoms with Gasteiger partial charge in [0.25, 0.3) is 0 Å². The topological polar surface area (TPSA) is 117 Å². The summed E-state index contributed by atoms with van der Waals surface area (Å²) in [5.74, 6) is 0. The van der Waals surface area contributed by atoms with E-state index < -0.39 is 0 Å². The lowest BCUT2D eigenvalue weighted by Gasteiger charge is -1.80. The number of nitrogens with two attached hydrogens (primary N) is 2. The summed E-state index contributed by atoms with van der Waals surface area (Å²) in [5, 5.41) is 14.2. The van der Waals surface area contributed by atoms with E-state index >= 15 is 0 Å². The van der Waals surface area contributed by atoms with Gasteiger partial charge in [0, 0.05) is 18.6 Å². The molecule has 0 amide bonds. The Morgan fingerprint density at radius 1 is 1.38 bits per heavy atom. The van der Waals surface area contributed by atoms with Crippen LogP contribution < -0.4 is 11.5 Å². The van der Waals surface area contributed by atoms with Crippen LogP contribution in [0, 0.1) is 22.9 Å². The van der Waals surface area contributed by atoms with E-state index in [9.17, 15) is 0 Å². The molecule has 0 aliphatic heterocycles. The van der Waals surface area contributed by atoms with E-state index in [4.69, 9.17) is 10.5 Å². The first-order chi connectivity index (χ1) is 6.26. The molecule has 0 bridgehead atoms. The summed E-state index contributed by atoms with van der Waals surface area (Å²) in [6.45, 7) is 3.53. The molecule has 0 saturated carbocycles. The highest BCUT2D eigenvalue weighted by atomic mass is 15.0. The highest BCUT2D eigenvalue weighted by Gasteiger charge is 1.73. The van der Waals surface area contributed by atoms with Crippen LogP contribution in [-0.2, 0) is 0 Å². The smallest absolute Gasteiger partial charge is 0.173 e. The first kappa shape index (κ1) is 13.1. The minimum absolute atomic E-state index is 1.25. The molecule has 0 atom stereocenters. The van der Waals surface area contributed by atoms with Crippen molar-refractivity contribution in [2.45, 2.75) is 0 Å². The maximum absolute atomic E-state index is 7.10. The number of hydrogen-bond donors (Lipinski definition) is 2. The van der Waals surface area contributed by atoms with Crippen molar-refractivity contribution < 1.29 is 0 Å². The molecule has 0 radical (unpaired) electrons. The summed E-state index contributed by atoms with van der Waals surface area (Å²) in [4.78, 5) is 3.78. The van der Waals surface area contributed by atoms with E-state index in [-0.39, 0.29) is 0 Å². The number of aromatic nitrogens is 2. The van der Waals surface area contributed by atoms with Gasteiger partial charge in [0.1, 0.15) is 0 Å². The predicted molar refractivity (Wildman–Crippen MR) is 48.2 cm³/mol. The maximum Gasteiger partial charge on any atom is 0.173 e. The average Bonchev–Trinajstić information content (AvgIpc) is 2.58. The summed E-state index contributed by atoms with van der Waals surface area (Å²) in [6, 6.07) is 0. The first-order valence-electron chi connectivity index (χ1n) is 3.06. The molecule has 0 saturated heterocycles. The lowest BCUT2D eigenvalue weighted by Crippen LogP contribution is -1.73. The fourth-order valence-corrected chi connectivity index (χ4v) is 0.377. The Bertz CT molecular complexity index is 263. The lowest BCUT2D eigenvalue weighted by molar-refractivity contribution is 1.14. The molecule has 0 unspecified atom stereocenters. The van der Waals surface area contributed by atoms with Crippen molar-refractivity contribution in [3.05, 3.63) is 25.3 Å². The fraction of sp³-hybridized carbons (Fsp3) is 0. The van der Waals surface area contributed by atoms with Gasteiger partial charge in [-0.1, -0.05) is 6.58 Å². The Labute approximate surface area is 76.3 Å². The van der Waals surface area contributed by atoms with Crippen LogP contribution in [0.1, 0.15) is 0 Å². The van der Waals surface area contributed by atoms with E-state index in [0.29, 0.717) is 0 Å². The first-order valence-corrected chi connectivity index (χ1v) is 3.06. The third-order valence-corrected chi connectivity index (χ3v) is 0.736. The minimum atomic E-state index is 1.25. The molecule has 13 heavy (non-hydrogen) atoms. The van der Waals surface area contributed by atoms with Crippen LogP contribution in [0.3, 0.4) is 0 Å². The van der Waals surface area contributed by atoms with Gasteiger partial charge in [-0.15, -0.1) is 0 Å². The van der Waals surface area contributed by atoms with Crippen molar-refractivity contribution >= 4 is 6.20 Å². The molecule has 6 nitrogen and oxygen atoms in total. The van der Waals surface area contributed by atoms with Crippen LogP contribution in [0.15, 0.2) is 25.3 Å². The van der Waals surface area contributed by atoms with Crippen LogP contribution in [0.25, 0.3) is 6.20 Å². The van der Waals surface area contributed by atoms with E-state index in [1.165, 1.54) is 12.4 Å². The van der Waals surface area contributed by atoms with E-state index in [1.807, 2.05) is 6.20 Å². The molecule has 4 N–H and O–H groups in total. The average molecular weight is 178 g/mol. The molecule has 1 aromatic rings. The largest absolute Gasteiger partial charge is 0.337 e. The molecule has 0 fully saturated rings. The molecule has 0 spiro atoms. The Kier molecular flexibility index (Phi) is 12.4. The monoisotopic (exact) mass is 178 g/mol. The molecule has 68 valence electrons. The van der Waals surface area contributed by atoms with Gasteiger partial charge >= 0.3 is 0 Å². The third-order valence-electron chi connectivity index (χ3n) is 0.736. The van der Waals surface area contributed by atoms with Crippen LogP contribution in [0.5, 0.6) is 0 Å². The summed E-state index contributed by atoms with van der Waals surface area (Å²) >= 11 is 0. The zero-order valence-corrected chi connectivity index (χ0v) is 6.96. The highest BCUT2D eigenvalue weighted by Crippen LogP contribution is 1.81. The number of nitrogens with zero attached hydrogens (tertiary/aromatic N) is 4. The van der Waals surface area contributed by atoms with Gasteiger partial charge in [0.05, 0.1) is 6.33 Å². The summed E-state index contributed by atoms with van der Waals surface area (Å²) in [6.07, 6.45) is 9.41. The molecule has 0 aliphatic rings. The number of rotatable bonds is 1. The Morgan fingerprint density at radius 3 is 2.00 bits per heavy atom. The molecular weight excluding hydrogens is 168 g/mol. The van der Waals surface area contributed by atoms with Crippen LogP contribution in [0.2, 0.25) is 0 Å². The van der Waals surface area contributed by atoms with Crippen LogP contribution in [-0.4, -0.2) is 9.55 Å². The molecule has 0 aromatic carbocycles. The molecule has 1 rings (SSSR count). The molecule has 1 aromatic heterocycles. The zero-order chi connectivity index (χ0) is 10.5. The maximum atomic E-state index is 7.10. The Morgan fingerprint density at radius 2 is 1.85 bits per heavy atom. The highest BCUT2D eigenvalue weighted by molar-refractivity contribution is 5.14. The molecule has 1 heterocycles. The van der Waals surface area contributed by atoms with Crippen LogP contribution >= 0.6 is 0 Å². The second-order valence-corrected chi connectivity index (χ2v) is 1.45. The Hall–Kier alpha value is -2.47. The van der Waals surface area contributed by atoms with Gasteiger partial charge in [0.15, 0.2) is 12.4 Å². The normalized spacial score (nSPS) is 5.69.